The molecule has 1 atom stereocenters. The Morgan fingerprint density at radius 2 is 1.94 bits per heavy atom. The number of pyridine rings is 1. The fourth-order valence-electron chi connectivity index (χ4n) is 4.11. The molecule has 0 bridgehead atoms. The van der Waals surface area contributed by atoms with Crippen LogP contribution >= 0.6 is 0 Å². The van der Waals surface area contributed by atoms with Crippen LogP contribution in [-0.4, -0.2) is 46.3 Å². The second kappa shape index (κ2) is 9.38. The highest BCUT2D eigenvalue weighted by Gasteiger charge is 2.26. The third-order valence-electron chi connectivity index (χ3n) is 5.98. The molecule has 1 N–H and O–H groups in total. The van der Waals surface area contributed by atoms with Crippen molar-refractivity contribution in [1.29, 1.82) is 0 Å². The van der Waals surface area contributed by atoms with E-state index in [1.807, 2.05) is 36.7 Å². The van der Waals surface area contributed by atoms with Gasteiger partial charge in [0.15, 0.2) is 0 Å². The average Bonchev–Trinajstić information content (AvgIpc) is 3.13. The minimum Gasteiger partial charge on any atom is -0.348 e. The summed E-state index contributed by atoms with van der Waals surface area (Å²) in [5.74, 6) is 0.664. The van der Waals surface area contributed by atoms with Crippen LogP contribution in [0.1, 0.15) is 50.2 Å². The van der Waals surface area contributed by atoms with Gasteiger partial charge in [-0.05, 0) is 50.1 Å². The van der Waals surface area contributed by atoms with Gasteiger partial charge in [0.1, 0.15) is 5.82 Å². The van der Waals surface area contributed by atoms with E-state index in [1.165, 1.54) is 0 Å². The molecule has 0 spiro atoms. The number of fused-ring (bicyclic) bond motifs is 1. The average molecular weight is 456 g/mol. The van der Waals surface area contributed by atoms with Gasteiger partial charge in [0, 0.05) is 39.2 Å². The molecule has 0 radical (unpaired) electrons. The SMILES string of the molecule is CC(NC(=O)CCc1nc2cc(S(=O)(=O)N3CCCCC3)ccc2n1C)c1ccccn1. The van der Waals surface area contributed by atoms with E-state index in [-0.39, 0.29) is 23.3 Å². The summed E-state index contributed by atoms with van der Waals surface area (Å²) in [6, 6.07) is 10.5. The topological polar surface area (TPSA) is 97.2 Å². The number of rotatable bonds is 7. The number of benzene rings is 1. The Morgan fingerprint density at radius 3 is 2.66 bits per heavy atom. The summed E-state index contributed by atoms with van der Waals surface area (Å²) in [5, 5.41) is 2.96. The first-order valence-corrected chi connectivity index (χ1v) is 12.5. The number of imidazole rings is 1. The van der Waals surface area contributed by atoms with Crippen molar-refractivity contribution in [3.05, 3.63) is 54.1 Å². The molecule has 0 aliphatic carbocycles. The van der Waals surface area contributed by atoms with Gasteiger partial charge in [-0.2, -0.15) is 4.31 Å². The number of carbonyl (C=O) groups is 1. The van der Waals surface area contributed by atoms with Crippen molar-refractivity contribution in [3.63, 3.8) is 0 Å². The molecule has 1 aromatic carbocycles. The van der Waals surface area contributed by atoms with E-state index in [2.05, 4.69) is 15.3 Å². The van der Waals surface area contributed by atoms with Gasteiger partial charge in [-0.25, -0.2) is 13.4 Å². The molecule has 3 aromatic rings. The highest BCUT2D eigenvalue weighted by atomic mass is 32.2. The number of sulfonamides is 1. The number of nitrogens with one attached hydrogen (secondary N) is 1. The van der Waals surface area contributed by atoms with Crippen molar-refractivity contribution < 1.29 is 13.2 Å². The van der Waals surface area contributed by atoms with E-state index < -0.39 is 10.0 Å². The minimum atomic E-state index is -3.51. The van der Waals surface area contributed by atoms with Gasteiger partial charge in [0.25, 0.3) is 0 Å². The Morgan fingerprint density at radius 1 is 1.16 bits per heavy atom. The molecule has 3 heterocycles. The van der Waals surface area contributed by atoms with Crippen LogP contribution in [0.25, 0.3) is 11.0 Å². The summed E-state index contributed by atoms with van der Waals surface area (Å²) in [6.45, 7) is 3.04. The summed E-state index contributed by atoms with van der Waals surface area (Å²) < 4.78 is 29.5. The Hall–Kier alpha value is -2.78. The van der Waals surface area contributed by atoms with Crippen LogP contribution in [0.15, 0.2) is 47.5 Å². The van der Waals surface area contributed by atoms with Gasteiger partial charge in [0.2, 0.25) is 15.9 Å². The third kappa shape index (κ3) is 4.68. The number of hydrogen-bond acceptors (Lipinski definition) is 5. The quantitative estimate of drug-likeness (QED) is 0.591. The second-order valence-electron chi connectivity index (χ2n) is 8.25. The van der Waals surface area contributed by atoms with Crippen LogP contribution < -0.4 is 5.32 Å². The van der Waals surface area contributed by atoms with Crippen molar-refractivity contribution in [3.8, 4) is 0 Å². The highest BCUT2D eigenvalue weighted by molar-refractivity contribution is 7.89. The zero-order valence-electron chi connectivity index (χ0n) is 18.5. The number of aryl methyl sites for hydroxylation is 2. The maximum atomic E-state index is 13.0. The maximum absolute atomic E-state index is 13.0. The Kier molecular flexibility index (Phi) is 6.57. The van der Waals surface area contributed by atoms with E-state index in [4.69, 9.17) is 0 Å². The lowest BCUT2D eigenvalue weighted by Crippen LogP contribution is -2.35. The Balaban J connectivity index is 1.45. The van der Waals surface area contributed by atoms with E-state index in [9.17, 15) is 13.2 Å². The monoisotopic (exact) mass is 455 g/mol. The molecule has 1 amide bonds. The lowest BCUT2D eigenvalue weighted by Gasteiger charge is -2.25. The van der Waals surface area contributed by atoms with Crippen molar-refractivity contribution in [2.45, 2.75) is 50.0 Å². The first-order valence-electron chi connectivity index (χ1n) is 11.0. The van der Waals surface area contributed by atoms with Crippen LogP contribution in [0.5, 0.6) is 0 Å². The van der Waals surface area contributed by atoms with E-state index in [0.717, 1.165) is 36.3 Å². The number of piperidine rings is 1. The first-order chi connectivity index (χ1) is 15.4. The van der Waals surface area contributed by atoms with Crippen LogP contribution in [-0.2, 0) is 28.3 Å². The van der Waals surface area contributed by atoms with Crippen molar-refractivity contribution in [1.82, 2.24) is 24.2 Å². The standard InChI is InChI=1S/C23H29N5O3S/c1-17(19-8-4-5-13-24-19)25-23(29)12-11-22-26-20-16-18(9-10-21(20)27(22)2)32(30,31)28-14-6-3-7-15-28/h4-5,8-10,13,16-17H,3,6-7,11-12,14-15H2,1-2H3,(H,25,29). The zero-order valence-corrected chi connectivity index (χ0v) is 19.3. The molecule has 9 heteroatoms. The largest absolute Gasteiger partial charge is 0.348 e. The minimum absolute atomic E-state index is 0.0800. The van der Waals surface area contributed by atoms with E-state index in [1.54, 1.807) is 28.7 Å². The molecule has 170 valence electrons. The summed E-state index contributed by atoms with van der Waals surface area (Å²) >= 11 is 0. The highest BCUT2D eigenvalue weighted by Crippen LogP contribution is 2.25. The van der Waals surface area contributed by atoms with Crippen LogP contribution in [0.3, 0.4) is 0 Å². The molecule has 1 saturated heterocycles. The number of amides is 1. The molecule has 1 fully saturated rings. The van der Waals surface area contributed by atoms with E-state index >= 15 is 0 Å². The molecule has 1 aliphatic rings. The van der Waals surface area contributed by atoms with Crippen LogP contribution in [0.4, 0.5) is 0 Å². The second-order valence-corrected chi connectivity index (χ2v) is 10.2. The molecular weight excluding hydrogens is 426 g/mol. The summed E-state index contributed by atoms with van der Waals surface area (Å²) in [5.41, 5.74) is 2.29. The van der Waals surface area contributed by atoms with Crippen molar-refractivity contribution in [2.75, 3.05) is 13.1 Å². The summed E-state index contributed by atoms with van der Waals surface area (Å²) in [6.07, 6.45) is 5.32. The zero-order chi connectivity index (χ0) is 22.7. The van der Waals surface area contributed by atoms with Gasteiger partial charge in [-0.3, -0.25) is 9.78 Å². The third-order valence-corrected chi connectivity index (χ3v) is 7.88. The molecule has 4 rings (SSSR count). The Bertz CT molecular complexity index is 1200. The molecule has 32 heavy (non-hydrogen) atoms. The smallest absolute Gasteiger partial charge is 0.243 e. The fourth-order valence-corrected chi connectivity index (χ4v) is 5.65. The number of hydrogen-bond donors (Lipinski definition) is 1. The number of carbonyl (C=O) groups excluding carboxylic acids is 1. The van der Waals surface area contributed by atoms with Crippen LogP contribution in [0, 0.1) is 0 Å². The first kappa shape index (κ1) is 22.4. The van der Waals surface area contributed by atoms with Crippen molar-refractivity contribution >= 4 is 27.0 Å². The molecule has 1 aliphatic heterocycles. The normalized spacial score (nSPS) is 16.2. The number of nitrogens with zero attached hydrogens (tertiary/aromatic N) is 4. The lowest BCUT2D eigenvalue weighted by molar-refractivity contribution is -0.121. The summed E-state index contributed by atoms with van der Waals surface area (Å²) in [4.78, 5) is 21.6. The molecule has 8 nitrogen and oxygen atoms in total. The molecule has 2 aromatic heterocycles. The van der Waals surface area contributed by atoms with E-state index in [0.29, 0.717) is 25.0 Å². The molecule has 0 saturated carbocycles. The predicted molar refractivity (Wildman–Crippen MR) is 122 cm³/mol. The Labute approximate surface area is 188 Å². The summed E-state index contributed by atoms with van der Waals surface area (Å²) in [7, 11) is -1.62. The fraction of sp³-hybridized carbons (Fsp3) is 0.435. The van der Waals surface area contributed by atoms with Gasteiger partial charge >= 0.3 is 0 Å². The maximum Gasteiger partial charge on any atom is 0.243 e. The van der Waals surface area contributed by atoms with Gasteiger partial charge < -0.3 is 9.88 Å². The van der Waals surface area contributed by atoms with Gasteiger partial charge in [0.05, 0.1) is 27.7 Å². The lowest BCUT2D eigenvalue weighted by atomic mass is 10.2. The number of aromatic nitrogens is 3. The van der Waals surface area contributed by atoms with Gasteiger partial charge in [-0.1, -0.05) is 12.5 Å². The van der Waals surface area contributed by atoms with Crippen molar-refractivity contribution in [2.24, 2.45) is 7.05 Å². The van der Waals surface area contributed by atoms with Crippen LogP contribution in [0.2, 0.25) is 0 Å². The predicted octanol–water partition coefficient (Wildman–Crippen LogP) is 2.95. The van der Waals surface area contributed by atoms with Gasteiger partial charge in [-0.15, -0.1) is 0 Å². The molecular formula is C23H29N5O3S. The molecule has 1 unspecified atom stereocenters.